The molecule has 4 aromatic heterocycles. The van der Waals surface area contributed by atoms with Crippen molar-refractivity contribution in [2.75, 3.05) is 0 Å². The van der Waals surface area contributed by atoms with E-state index in [0.717, 1.165) is 21.4 Å². The lowest BCUT2D eigenvalue weighted by molar-refractivity contribution is 0.0509. The Morgan fingerprint density at radius 1 is 0.783 bits per heavy atom. The highest BCUT2D eigenvalue weighted by molar-refractivity contribution is 9.10. The maximum atomic E-state index is 11.6. The minimum absolute atomic E-state index is 0.0333. The molecule has 4 N–H and O–H groups in total. The lowest BCUT2D eigenvalue weighted by Gasteiger charge is -2.19. The lowest BCUT2D eigenvalue weighted by atomic mass is 9.88. The number of hydrogen-bond donors (Lipinski definition) is 4. The van der Waals surface area contributed by atoms with Crippen molar-refractivity contribution in [3.8, 4) is 11.3 Å². The molecule has 0 aliphatic carbocycles. The van der Waals surface area contributed by atoms with Crippen LogP contribution in [0.25, 0.3) is 11.3 Å². The van der Waals surface area contributed by atoms with E-state index in [9.17, 15) is 9.59 Å². The zero-order chi connectivity index (χ0) is 34.5. The Morgan fingerprint density at radius 3 is 1.72 bits per heavy atom. The van der Waals surface area contributed by atoms with Crippen LogP contribution in [0.1, 0.15) is 64.2 Å². The van der Waals surface area contributed by atoms with Crippen molar-refractivity contribution in [2.45, 2.75) is 79.7 Å². The molecule has 4 aromatic rings. The van der Waals surface area contributed by atoms with Crippen LogP contribution in [0, 0.1) is 13.8 Å². The monoisotopic (exact) mass is 700 g/mol. The molecule has 0 saturated heterocycles. The van der Waals surface area contributed by atoms with Crippen molar-refractivity contribution < 1.29 is 37.9 Å². The molecule has 0 radical (unpaired) electrons. The number of nitrogens with one attached hydrogen (secondary N) is 2. The quantitative estimate of drug-likeness (QED) is 0.180. The van der Waals surface area contributed by atoms with Gasteiger partial charge in [0.2, 0.25) is 0 Å². The van der Waals surface area contributed by atoms with Crippen LogP contribution in [0.3, 0.4) is 0 Å². The maximum Gasteiger partial charge on any atom is 0.526 e. The minimum Gasteiger partial charge on any atom is -0.468 e. The third kappa shape index (κ3) is 14.8. The number of hydrogen-bond acceptors (Lipinski definition) is 10. The largest absolute Gasteiger partial charge is 0.526 e. The van der Waals surface area contributed by atoms with E-state index < -0.39 is 30.5 Å². The van der Waals surface area contributed by atoms with Crippen LogP contribution in [0.5, 0.6) is 0 Å². The summed E-state index contributed by atoms with van der Waals surface area (Å²) < 4.78 is 22.0. The highest BCUT2D eigenvalue weighted by atomic mass is 79.9. The number of rotatable bonds is 6. The molecule has 0 aliphatic heterocycles. The van der Waals surface area contributed by atoms with Crippen LogP contribution < -0.4 is 16.3 Å². The normalized spacial score (nSPS) is 10.8. The number of ether oxygens (including phenoxy) is 2. The second-order valence-electron chi connectivity index (χ2n) is 12.0. The van der Waals surface area contributed by atoms with E-state index in [1.807, 2.05) is 58.9 Å². The molecule has 0 spiro atoms. The first-order valence-electron chi connectivity index (χ1n) is 14.4. The van der Waals surface area contributed by atoms with Gasteiger partial charge in [-0.15, -0.1) is 0 Å². The molecule has 0 aromatic carbocycles. The van der Waals surface area contributed by atoms with Crippen molar-refractivity contribution >= 4 is 40.9 Å². The zero-order valence-electron chi connectivity index (χ0n) is 27.4. The fourth-order valence-corrected chi connectivity index (χ4v) is 3.61. The second-order valence-corrected chi connectivity index (χ2v) is 12.8. The minimum atomic E-state index is -1.65. The first kappa shape index (κ1) is 38.0. The van der Waals surface area contributed by atoms with Gasteiger partial charge in [-0.3, -0.25) is 9.97 Å². The molecule has 4 rings (SSSR count). The molecule has 12 nitrogen and oxygen atoms in total. The van der Waals surface area contributed by atoms with Gasteiger partial charge in [0.25, 0.3) is 0 Å². The number of pyridine rings is 2. The van der Waals surface area contributed by atoms with Crippen LogP contribution in [0.15, 0.2) is 74.5 Å². The number of aryl methyl sites for hydroxylation is 2. The van der Waals surface area contributed by atoms with Gasteiger partial charge in [-0.1, -0.05) is 0 Å². The van der Waals surface area contributed by atoms with Gasteiger partial charge in [-0.05, 0) is 119 Å². The zero-order valence-corrected chi connectivity index (χ0v) is 29.0. The SMILES string of the molecule is CC(C)(C)OC(=O)NCc1ccc(B(O)O)o1.Cc1ccncc1-c1ccc(CNC(=O)OC(C)(C)C)o1.Cc1ccncc1Br. The highest BCUT2D eigenvalue weighted by Crippen LogP contribution is 2.24. The number of aromatic nitrogens is 2. The van der Waals surface area contributed by atoms with E-state index in [1.165, 1.54) is 11.6 Å². The summed E-state index contributed by atoms with van der Waals surface area (Å²) in [5.74, 6) is 1.82. The molecule has 0 unspecified atom stereocenters. The molecule has 46 heavy (non-hydrogen) atoms. The Balaban J connectivity index is 0.000000263. The number of alkyl carbamates (subject to hydrolysis) is 2. The van der Waals surface area contributed by atoms with E-state index in [-0.39, 0.29) is 18.7 Å². The van der Waals surface area contributed by atoms with Crippen LogP contribution in [-0.2, 0) is 22.6 Å². The fraction of sp³-hybridized carbons (Fsp3) is 0.375. The molecule has 0 atom stereocenters. The molecule has 2 amide bonds. The van der Waals surface area contributed by atoms with Gasteiger partial charge in [-0.2, -0.15) is 0 Å². The molecule has 0 saturated carbocycles. The summed E-state index contributed by atoms with van der Waals surface area (Å²) >= 11 is 3.33. The third-order valence-electron chi connectivity index (χ3n) is 5.49. The van der Waals surface area contributed by atoms with Crippen LogP contribution in [-0.4, -0.2) is 50.5 Å². The summed E-state index contributed by atoms with van der Waals surface area (Å²) in [6, 6.07) is 10.6. The topological polar surface area (TPSA) is 169 Å². The lowest BCUT2D eigenvalue weighted by Crippen LogP contribution is -2.32. The number of carbonyl (C=O) groups is 2. The van der Waals surface area contributed by atoms with Crippen molar-refractivity contribution in [2.24, 2.45) is 0 Å². The first-order chi connectivity index (χ1) is 21.4. The van der Waals surface area contributed by atoms with Crippen molar-refractivity contribution in [3.63, 3.8) is 0 Å². The number of halogens is 1. The Hall–Kier alpha value is -4.14. The van der Waals surface area contributed by atoms with Gasteiger partial charge >= 0.3 is 19.3 Å². The molecular formula is C32H42BBrN4O8. The summed E-state index contributed by atoms with van der Waals surface area (Å²) in [5, 5.41) is 22.8. The summed E-state index contributed by atoms with van der Waals surface area (Å²) in [5.41, 5.74) is 2.23. The Morgan fingerprint density at radius 2 is 1.28 bits per heavy atom. The Bertz CT molecular complexity index is 1520. The van der Waals surface area contributed by atoms with Gasteiger partial charge in [-0.25, -0.2) is 9.59 Å². The molecule has 248 valence electrons. The van der Waals surface area contributed by atoms with Gasteiger partial charge in [0.1, 0.15) is 34.1 Å². The summed E-state index contributed by atoms with van der Waals surface area (Å²) in [7, 11) is -1.65. The summed E-state index contributed by atoms with van der Waals surface area (Å²) in [4.78, 5) is 30.9. The average molecular weight is 701 g/mol. The second kappa shape index (κ2) is 17.5. The molecule has 0 fully saturated rings. The van der Waals surface area contributed by atoms with Gasteiger partial charge in [0, 0.05) is 34.8 Å². The number of carbonyl (C=O) groups excluding carboxylic acids is 2. The Kier molecular flexibility index (Phi) is 14.5. The first-order valence-corrected chi connectivity index (χ1v) is 15.2. The van der Waals surface area contributed by atoms with E-state index in [1.54, 1.807) is 51.6 Å². The molecule has 0 bridgehead atoms. The number of amides is 2. The summed E-state index contributed by atoms with van der Waals surface area (Å²) in [6.07, 6.45) is 6.06. The van der Waals surface area contributed by atoms with Crippen molar-refractivity contribution in [3.05, 3.63) is 88.3 Å². The van der Waals surface area contributed by atoms with E-state index in [2.05, 4.69) is 36.5 Å². The number of furan rings is 2. The Labute approximate surface area is 278 Å². The van der Waals surface area contributed by atoms with E-state index in [0.29, 0.717) is 11.5 Å². The molecular weight excluding hydrogens is 659 g/mol. The van der Waals surface area contributed by atoms with E-state index >= 15 is 0 Å². The standard InChI is InChI=1S/C16H20N2O3.C10H16BNO5.C6H6BrN/c1-11-7-8-17-10-13(11)14-6-5-12(20-14)9-18-15(19)21-16(2,3)4;1-10(2,3)17-9(13)12-6-7-4-5-8(16-7)11(14)15;1-5-2-3-8-4-6(5)7/h5-8,10H,9H2,1-4H3,(H,18,19);4-5,14-15H,6H2,1-3H3,(H,12,13);2-4H,1H3. The predicted octanol–water partition coefficient (Wildman–Crippen LogP) is 5.81. The third-order valence-corrected chi connectivity index (χ3v) is 6.32. The molecule has 14 heteroatoms. The van der Waals surface area contributed by atoms with Gasteiger partial charge in [0.15, 0.2) is 0 Å². The average Bonchev–Trinajstić information content (AvgIpc) is 3.62. The fourth-order valence-electron chi connectivity index (χ4n) is 3.36. The maximum absolute atomic E-state index is 11.6. The van der Waals surface area contributed by atoms with Crippen LogP contribution in [0.4, 0.5) is 9.59 Å². The van der Waals surface area contributed by atoms with Crippen molar-refractivity contribution in [1.82, 2.24) is 20.6 Å². The van der Waals surface area contributed by atoms with Crippen LogP contribution >= 0.6 is 15.9 Å². The number of nitrogens with zero attached hydrogens (tertiary/aromatic N) is 2. The van der Waals surface area contributed by atoms with Crippen LogP contribution in [0.2, 0.25) is 0 Å². The predicted molar refractivity (Wildman–Crippen MR) is 178 cm³/mol. The van der Waals surface area contributed by atoms with E-state index in [4.69, 9.17) is 28.4 Å². The highest BCUT2D eigenvalue weighted by Gasteiger charge is 2.19. The molecule has 0 aliphatic rings. The van der Waals surface area contributed by atoms with Gasteiger partial charge in [0.05, 0.1) is 13.1 Å². The summed E-state index contributed by atoms with van der Waals surface area (Å²) in [6.45, 7) is 15.2. The van der Waals surface area contributed by atoms with Gasteiger partial charge < -0.3 is 39.0 Å². The van der Waals surface area contributed by atoms with Crippen molar-refractivity contribution in [1.29, 1.82) is 0 Å². The molecule has 4 heterocycles. The smallest absolute Gasteiger partial charge is 0.468 e.